The number of hydrogen-bond acceptors (Lipinski definition) is 3. The van der Waals surface area contributed by atoms with Crippen LogP contribution >= 0.6 is 0 Å². The summed E-state index contributed by atoms with van der Waals surface area (Å²) in [5.41, 5.74) is 1.44. The summed E-state index contributed by atoms with van der Waals surface area (Å²) in [5, 5.41) is 10.3. The Hall–Kier alpha value is -0.960. The molecule has 0 bridgehead atoms. The Morgan fingerprint density at radius 1 is 1.35 bits per heavy atom. The molecule has 1 saturated heterocycles. The van der Waals surface area contributed by atoms with Gasteiger partial charge in [-0.25, -0.2) is 0 Å². The number of hydrogen-bond donors (Lipinski definition) is 3. The van der Waals surface area contributed by atoms with Crippen LogP contribution in [-0.4, -0.2) is 19.8 Å². The predicted molar refractivity (Wildman–Crippen MR) is 70.1 cm³/mol. The molecule has 3 heteroatoms. The lowest BCUT2D eigenvalue weighted by atomic mass is 9.75. The second kappa shape index (κ2) is 4.73. The molecule has 94 valence electrons. The fraction of sp³-hybridized carbons (Fsp3) is 0.714. The van der Waals surface area contributed by atoms with Gasteiger partial charge in [-0.3, -0.25) is 5.32 Å². The number of allylic oxidation sites excluding steroid dienone is 2. The summed E-state index contributed by atoms with van der Waals surface area (Å²) in [6.45, 7) is 1.18. The first kappa shape index (κ1) is 11.1. The van der Waals surface area contributed by atoms with Crippen LogP contribution in [0.5, 0.6) is 0 Å². The molecule has 0 radical (unpaired) electrons. The Morgan fingerprint density at radius 3 is 3.06 bits per heavy atom. The molecule has 4 atom stereocenters. The highest BCUT2D eigenvalue weighted by Crippen LogP contribution is 2.35. The lowest BCUT2D eigenvalue weighted by Crippen LogP contribution is -2.50. The minimum absolute atomic E-state index is 0.512. The molecule has 0 spiro atoms. The van der Waals surface area contributed by atoms with E-state index >= 15 is 0 Å². The van der Waals surface area contributed by atoms with Crippen molar-refractivity contribution in [3.05, 3.63) is 24.0 Å². The van der Waals surface area contributed by atoms with E-state index in [4.69, 9.17) is 0 Å². The molecule has 1 aliphatic carbocycles. The highest BCUT2D eigenvalue weighted by molar-refractivity contribution is 5.08. The maximum absolute atomic E-state index is 3.64. The molecule has 1 fully saturated rings. The summed E-state index contributed by atoms with van der Waals surface area (Å²) in [5.74, 6) is 2.45. The lowest BCUT2D eigenvalue weighted by Gasteiger charge is -2.38. The van der Waals surface area contributed by atoms with Gasteiger partial charge in [-0.1, -0.05) is 12.2 Å². The molecule has 4 unspecified atom stereocenters. The summed E-state index contributed by atoms with van der Waals surface area (Å²) in [6.07, 6.45) is 12.6. The normalized spacial score (nSPS) is 40.4. The summed E-state index contributed by atoms with van der Waals surface area (Å²) in [6, 6.07) is 0. The largest absolute Gasteiger partial charge is 0.392 e. The van der Waals surface area contributed by atoms with Crippen LogP contribution in [0.2, 0.25) is 0 Å². The van der Waals surface area contributed by atoms with Crippen LogP contribution in [0.25, 0.3) is 0 Å². The second-order valence-electron chi connectivity index (χ2n) is 5.59. The van der Waals surface area contributed by atoms with E-state index in [1.54, 1.807) is 0 Å². The minimum Gasteiger partial charge on any atom is -0.392 e. The highest BCUT2D eigenvalue weighted by atomic mass is 15.1. The monoisotopic (exact) mass is 233 g/mol. The minimum atomic E-state index is 0.512. The quantitative estimate of drug-likeness (QED) is 0.677. The van der Waals surface area contributed by atoms with Crippen molar-refractivity contribution < 1.29 is 0 Å². The maximum Gasteiger partial charge on any atom is 0.0828 e. The van der Waals surface area contributed by atoms with Crippen molar-refractivity contribution >= 4 is 0 Å². The van der Waals surface area contributed by atoms with Crippen molar-refractivity contribution in [2.75, 3.05) is 13.6 Å². The van der Waals surface area contributed by atoms with E-state index in [1.807, 2.05) is 7.05 Å². The average Bonchev–Trinajstić information content (AvgIpc) is 2.86. The smallest absolute Gasteiger partial charge is 0.0828 e. The van der Waals surface area contributed by atoms with E-state index in [1.165, 1.54) is 37.9 Å². The molecule has 0 amide bonds. The first-order valence-corrected chi connectivity index (χ1v) is 6.89. The zero-order valence-corrected chi connectivity index (χ0v) is 10.6. The van der Waals surface area contributed by atoms with E-state index in [2.05, 4.69) is 34.3 Å². The van der Waals surface area contributed by atoms with E-state index in [0.717, 1.165) is 11.8 Å². The molecule has 0 aromatic carbocycles. The molecular weight excluding hydrogens is 210 g/mol. The third-order valence-electron chi connectivity index (χ3n) is 4.66. The van der Waals surface area contributed by atoms with Gasteiger partial charge in [0.1, 0.15) is 0 Å². The van der Waals surface area contributed by atoms with Crippen molar-refractivity contribution in [1.29, 1.82) is 0 Å². The van der Waals surface area contributed by atoms with Crippen LogP contribution in [0.4, 0.5) is 0 Å². The predicted octanol–water partition coefficient (Wildman–Crippen LogP) is 1.56. The summed E-state index contributed by atoms with van der Waals surface area (Å²) in [4.78, 5) is 0. The first-order chi connectivity index (χ1) is 8.36. The molecule has 17 heavy (non-hydrogen) atoms. The molecular formula is C14H23N3. The van der Waals surface area contributed by atoms with Crippen LogP contribution in [0.15, 0.2) is 24.0 Å². The molecule has 3 aliphatic rings. The van der Waals surface area contributed by atoms with E-state index < -0.39 is 0 Å². The van der Waals surface area contributed by atoms with Gasteiger partial charge in [0.25, 0.3) is 0 Å². The van der Waals surface area contributed by atoms with Crippen LogP contribution in [0.1, 0.15) is 25.7 Å². The van der Waals surface area contributed by atoms with Crippen LogP contribution < -0.4 is 16.0 Å². The molecule has 2 heterocycles. The van der Waals surface area contributed by atoms with E-state index in [0.29, 0.717) is 12.1 Å². The van der Waals surface area contributed by atoms with Gasteiger partial charge in [0.2, 0.25) is 0 Å². The van der Waals surface area contributed by atoms with Crippen molar-refractivity contribution in [3.63, 3.8) is 0 Å². The van der Waals surface area contributed by atoms with Gasteiger partial charge in [0, 0.05) is 25.2 Å². The van der Waals surface area contributed by atoms with Gasteiger partial charge >= 0.3 is 0 Å². The van der Waals surface area contributed by atoms with E-state index in [9.17, 15) is 0 Å². The number of fused-ring (bicyclic) bond motifs is 1. The highest BCUT2D eigenvalue weighted by Gasteiger charge is 2.34. The maximum atomic E-state index is 3.64. The van der Waals surface area contributed by atoms with Crippen molar-refractivity contribution in [1.82, 2.24) is 16.0 Å². The summed E-state index contributed by atoms with van der Waals surface area (Å²) >= 11 is 0. The van der Waals surface area contributed by atoms with Crippen molar-refractivity contribution in [2.24, 2.45) is 17.8 Å². The third kappa shape index (κ3) is 2.21. The number of nitrogens with one attached hydrogen (secondary N) is 3. The van der Waals surface area contributed by atoms with Gasteiger partial charge in [-0.15, -0.1) is 0 Å². The fourth-order valence-corrected chi connectivity index (χ4v) is 3.52. The summed E-state index contributed by atoms with van der Waals surface area (Å²) in [7, 11) is 2.04. The number of piperidine rings is 1. The molecule has 0 saturated carbocycles. The van der Waals surface area contributed by atoms with Crippen LogP contribution in [0.3, 0.4) is 0 Å². The van der Waals surface area contributed by atoms with Gasteiger partial charge in [0.05, 0.1) is 6.17 Å². The van der Waals surface area contributed by atoms with Gasteiger partial charge in [0.15, 0.2) is 0 Å². The molecule has 3 rings (SSSR count). The Balaban J connectivity index is 1.59. The molecule has 0 aromatic rings. The molecule has 2 aliphatic heterocycles. The van der Waals surface area contributed by atoms with Crippen LogP contribution in [-0.2, 0) is 0 Å². The Labute approximate surface area is 104 Å². The molecule has 3 nitrogen and oxygen atoms in total. The van der Waals surface area contributed by atoms with E-state index in [-0.39, 0.29) is 0 Å². The third-order valence-corrected chi connectivity index (χ3v) is 4.66. The standard InChI is InChI=1S/C14H23N3/c1-15-13-4-2-10(3-5-13)12-8-11-6-7-16-14(11)17-9-12/h4,6-7,10-12,14-17H,2-3,5,8-9H2,1H3. The zero-order chi connectivity index (χ0) is 11.7. The van der Waals surface area contributed by atoms with Gasteiger partial charge in [-0.2, -0.15) is 0 Å². The zero-order valence-electron chi connectivity index (χ0n) is 10.6. The Bertz CT molecular complexity index is 334. The fourth-order valence-electron chi connectivity index (χ4n) is 3.52. The molecule has 0 aromatic heterocycles. The van der Waals surface area contributed by atoms with Crippen molar-refractivity contribution in [2.45, 2.75) is 31.8 Å². The second-order valence-corrected chi connectivity index (χ2v) is 5.59. The Morgan fingerprint density at radius 2 is 2.29 bits per heavy atom. The van der Waals surface area contributed by atoms with Crippen LogP contribution in [0, 0.1) is 17.8 Å². The topological polar surface area (TPSA) is 36.1 Å². The molecule has 3 N–H and O–H groups in total. The number of rotatable bonds is 2. The summed E-state index contributed by atoms with van der Waals surface area (Å²) < 4.78 is 0. The van der Waals surface area contributed by atoms with Gasteiger partial charge in [-0.05, 0) is 43.7 Å². The van der Waals surface area contributed by atoms with Gasteiger partial charge < -0.3 is 10.6 Å². The van der Waals surface area contributed by atoms with Crippen molar-refractivity contribution in [3.8, 4) is 0 Å². The first-order valence-electron chi connectivity index (χ1n) is 6.89. The lowest BCUT2D eigenvalue weighted by molar-refractivity contribution is 0.180. The average molecular weight is 233 g/mol. The Kier molecular flexibility index (Phi) is 3.10. The SMILES string of the molecule is CNC1=CCC(C2CNC3NC=CC3C2)CC1.